The largest absolute Gasteiger partial charge is 0.433 e. The summed E-state index contributed by atoms with van der Waals surface area (Å²) in [7, 11) is 0.119. The van der Waals surface area contributed by atoms with Gasteiger partial charge in [0.2, 0.25) is 5.16 Å². The molecule has 1 aromatic rings. The van der Waals surface area contributed by atoms with Crippen LogP contribution in [-0.2, 0) is 15.6 Å². The third-order valence-corrected chi connectivity index (χ3v) is 4.17. The Kier molecular flexibility index (Phi) is 2.74. The molecule has 0 saturated carbocycles. The zero-order chi connectivity index (χ0) is 12.6. The number of fused-ring (bicyclic) bond motifs is 1. The van der Waals surface area contributed by atoms with Gasteiger partial charge in [-0.25, -0.2) is 9.78 Å². The van der Waals surface area contributed by atoms with Crippen LogP contribution in [0, 0.1) is 0 Å². The predicted molar refractivity (Wildman–Crippen MR) is 61.1 cm³/mol. The highest BCUT2D eigenvalue weighted by molar-refractivity contribution is 7.87. The number of nitrogens with zero attached hydrogens (tertiary/aromatic N) is 3. The maximum atomic E-state index is 12.1. The topological polar surface area (TPSA) is 85.6 Å². The first-order valence-electron chi connectivity index (χ1n) is 4.91. The molecule has 92 valence electrons. The molecule has 1 amide bonds. The van der Waals surface area contributed by atoms with Crippen LogP contribution in [0.2, 0.25) is 0 Å². The molecule has 1 aliphatic rings. The Morgan fingerprint density at radius 1 is 1.65 bits per heavy atom. The van der Waals surface area contributed by atoms with Crippen molar-refractivity contribution in [2.75, 3.05) is 7.05 Å². The molecule has 7 nitrogen and oxygen atoms in total. The van der Waals surface area contributed by atoms with Gasteiger partial charge in [-0.05, 0) is 13.8 Å². The molecule has 0 aliphatic carbocycles. The lowest BCUT2D eigenvalue weighted by molar-refractivity contribution is 0.152. The van der Waals surface area contributed by atoms with E-state index in [-0.39, 0.29) is 0 Å². The van der Waals surface area contributed by atoms with Crippen LogP contribution in [0.1, 0.15) is 13.8 Å². The summed E-state index contributed by atoms with van der Waals surface area (Å²) in [5, 5.41) is 6.43. The van der Waals surface area contributed by atoms with Crippen molar-refractivity contribution in [2.24, 2.45) is 5.16 Å². The Morgan fingerprint density at radius 3 is 3.00 bits per heavy atom. The van der Waals surface area contributed by atoms with E-state index in [1.165, 1.54) is 13.2 Å². The van der Waals surface area contributed by atoms with E-state index in [9.17, 15) is 9.00 Å². The summed E-state index contributed by atoms with van der Waals surface area (Å²) < 4.78 is 12.9. The highest BCUT2D eigenvalue weighted by Gasteiger charge is 2.45. The molecule has 0 bridgehead atoms. The SMILES string of the molecule is CNC(=O)ON=C1n2ccnc2S(=O)C1(C)C. The van der Waals surface area contributed by atoms with Crippen LogP contribution in [-0.4, -0.2) is 37.5 Å². The predicted octanol–water partition coefficient (Wildman–Crippen LogP) is 0.300. The van der Waals surface area contributed by atoms with E-state index in [1.807, 2.05) is 0 Å². The Balaban J connectivity index is 2.40. The van der Waals surface area contributed by atoms with Gasteiger partial charge >= 0.3 is 6.09 Å². The van der Waals surface area contributed by atoms with Gasteiger partial charge in [-0.3, -0.25) is 13.6 Å². The van der Waals surface area contributed by atoms with Crippen molar-refractivity contribution in [1.82, 2.24) is 14.9 Å². The number of hydrogen-bond donors (Lipinski definition) is 1. The second-order valence-electron chi connectivity index (χ2n) is 3.90. The van der Waals surface area contributed by atoms with E-state index in [0.717, 1.165) is 0 Å². The zero-order valence-electron chi connectivity index (χ0n) is 9.63. The Bertz CT molecular complexity index is 520. The molecule has 0 saturated heterocycles. The first kappa shape index (κ1) is 11.8. The maximum absolute atomic E-state index is 12.1. The number of rotatable bonds is 1. The number of nitrogens with one attached hydrogen (secondary N) is 1. The lowest BCUT2D eigenvalue weighted by atomic mass is 10.2. The van der Waals surface area contributed by atoms with Crippen LogP contribution < -0.4 is 5.32 Å². The molecule has 2 heterocycles. The molecule has 0 spiro atoms. The van der Waals surface area contributed by atoms with Crippen molar-refractivity contribution in [3.8, 4) is 0 Å². The summed E-state index contributed by atoms with van der Waals surface area (Å²) in [5.74, 6) is 0.395. The Hall–Kier alpha value is -1.70. The molecular formula is C9H12N4O3S. The van der Waals surface area contributed by atoms with Crippen molar-refractivity contribution >= 4 is 22.7 Å². The minimum atomic E-state index is -1.31. The molecule has 1 atom stereocenters. The normalized spacial score (nSPS) is 23.5. The number of carbonyl (C=O) groups is 1. The molecule has 8 heteroatoms. The highest BCUT2D eigenvalue weighted by atomic mass is 32.2. The van der Waals surface area contributed by atoms with E-state index in [2.05, 4.69) is 20.3 Å². The van der Waals surface area contributed by atoms with Crippen LogP contribution in [0.3, 0.4) is 0 Å². The van der Waals surface area contributed by atoms with Crippen LogP contribution in [0.25, 0.3) is 0 Å². The van der Waals surface area contributed by atoms with Gasteiger partial charge in [0.15, 0.2) is 5.84 Å². The third kappa shape index (κ3) is 1.74. The average molecular weight is 256 g/mol. The van der Waals surface area contributed by atoms with Crippen molar-refractivity contribution in [3.63, 3.8) is 0 Å². The first-order valence-corrected chi connectivity index (χ1v) is 6.06. The summed E-state index contributed by atoms with van der Waals surface area (Å²) in [6.45, 7) is 3.51. The average Bonchev–Trinajstić information content (AvgIpc) is 2.81. The quantitative estimate of drug-likeness (QED) is 0.578. The molecule has 1 unspecified atom stereocenters. The van der Waals surface area contributed by atoms with Crippen LogP contribution in [0.15, 0.2) is 22.7 Å². The monoisotopic (exact) mass is 256 g/mol. The van der Waals surface area contributed by atoms with Crippen molar-refractivity contribution in [2.45, 2.75) is 23.8 Å². The van der Waals surface area contributed by atoms with Gasteiger partial charge in [-0.15, -0.1) is 0 Å². The minimum absolute atomic E-state index is 0.395. The molecule has 2 rings (SSSR count). The summed E-state index contributed by atoms with van der Waals surface area (Å²) in [6.07, 6.45) is 2.49. The summed E-state index contributed by atoms with van der Waals surface area (Å²) in [5.41, 5.74) is 0. The van der Waals surface area contributed by atoms with Crippen molar-refractivity contribution in [3.05, 3.63) is 12.4 Å². The number of carbonyl (C=O) groups excluding carboxylic acids is 1. The zero-order valence-corrected chi connectivity index (χ0v) is 10.4. The lowest BCUT2D eigenvalue weighted by Gasteiger charge is -2.15. The smallest absolute Gasteiger partial charge is 0.323 e. The van der Waals surface area contributed by atoms with E-state index in [0.29, 0.717) is 11.0 Å². The van der Waals surface area contributed by atoms with E-state index in [4.69, 9.17) is 0 Å². The molecule has 1 aliphatic heterocycles. The molecule has 17 heavy (non-hydrogen) atoms. The Labute approximate surface area is 100 Å². The molecule has 1 N–H and O–H groups in total. The van der Waals surface area contributed by atoms with Crippen molar-refractivity contribution in [1.29, 1.82) is 0 Å². The standard InChI is InChI=1S/C9H12N4O3S/c1-9(2)6(12-16-8(14)10-3)13-5-4-11-7(13)17(9)15/h4-5H,1-3H3,(H,10,14). The lowest BCUT2D eigenvalue weighted by Crippen LogP contribution is -2.34. The second-order valence-corrected chi connectivity index (χ2v) is 5.83. The van der Waals surface area contributed by atoms with Gasteiger partial charge in [0.1, 0.15) is 15.5 Å². The maximum Gasteiger partial charge on any atom is 0.433 e. The molecule has 0 radical (unpaired) electrons. The van der Waals surface area contributed by atoms with E-state index in [1.54, 1.807) is 24.6 Å². The number of amides is 1. The number of hydrogen-bond acceptors (Lipinski definition) is 5. The summed E-state index contributed by atoms with van der Waals surface area (Å²) in [6, 6.07) is 0. The minimum Gasteiger partial charge on any atom is -0.323 e. The number of oxime groups is 1. The fourth-order valence-corrected chi connectivity index (χ4v) is 2.71. The van der Waals surface area contributed by atoms with Gasteiger partial charge in [0.05, 0.1) is 0 Å². The van der Waals surface area contributed by atoms with Gasteiger partial charge in [0.25, 0.3) is 0 Å². The summed E-state index contributed by atoms with van der Waals surface area (Å²) >= 11 is 0. The third-order valence-electron chi connectivity index (χ3n) is 2.42. The Morgan fingerprint density at radius 2 is 2.35 bits per heavy atom. The van der Waals surface area contributed by atoms with Gasteiger partial charge in [-0.2, -0.15) is 0 Å². The van der Waals surface area contributed by atoms with Gasteiger partial charge in [0, 0.05) is 19.4 Å². The van der Waals surface area contributed by atoms with Gasteiger partial charge < -0.3 is 5.32 Å². The van der Waals surface area contributed by atoms with Gasteiger partial charge in [-0.1, -0.05) is 5.16 Å². The van der Waals surface area contributed by atoms with Crippen molar-refractivity contribution < 1.29 is 13.8 Å². The highest BCUT2D eigenvalue weighted by Crippen LogP contribution is 2.30. The van der Waals surface area contributed by atoms with Crippen LogP contribution in [0.4, 0.5) is 4.79 Å². The van der Waals surface area contributed by atoms with Crippen LogP contribution >= 0.6 is 0 Å². The van der Waals surface area contributed by atoms with E-state index < -0.39 is 21.6 Å². The summed E-state index contributed by atoms with van der Waals surface area (Å²) in [4.78, 5) is 19.6. The van der Waals surface area contributed by atoms with Crippen LogP contribution in [0.5, 0.6) is 0 Å². The molecule has 1 aromatic heterocycles. The second kappa shape index (κ2) is 3.95. The molecule has 0 aromatic carbocycles. The number of imidazole rings is 1. The molecule has 0 fully saturated rings. The van der Waals surface area contributed by atoms with E-state index >= 15 is 0 Å². The fraction of sp³-hybridized carbons (Fsp3) is 0.444. The molecular weight excluding hydrogens is 244 g/mol. The number of aromatic nitrogens is 2. The first-order chi connectivity index (χ1) is 7.98. The fourth-order valence-electron chi connectivity index (χ4n) is 1.47.